The molecule has 19 heavy (non-hydrogen) atoms. The molecule has 1 aromatic carbocycles. The number of carbonyl (C=O) groups is 1. The Kier molecular flexibility index (Phi) is 5.17. The highest BCUT2D eigenvalue weighted by atomic mass is 19.4. The first kappa shape index (κ1) is 15.3. The maximum atomic E-state index is 11.9. The number of nitrogens with one attached hydrogen (secondary N) is 1. The third kappa shape index (κ3) is 5.60. The fourth-order valence-electron chi connectivity index (χ4n) is 1.38. The van der Waals surface area contributed by atoms with E-state index in [1.54, 1.807) is 6.92 Å². The summed E-state index contributed by atoms with van der Waals surface area (Å²) in [5.74, 6) is -0.799. The Bertz CT molecular complexity index is 417. The Morgan fingerprint density at radius 2 is 1.95 bits per heavy atom. The topological polar surface area (TPSA) is 58.6 Å². The lowest BCUT2D eigenvalue weighted by molar-refractivity contribution is -0.274. The SMILES string of the molecule is CC(CCO)NC(=O)c1ccc(OC(F)(F)F)cc1. The van der Waals surface area contributed by atoms with E-state index in [1.165, 1.54) is 12.1 Å². The molecule has 0 aromatic heterocycles. The number of hydrogen-bond donors (Lipinski definition) is 2. The summed E-state index contributed by atoms with van der Waals surface area (Å²) < 4.78 is 39.5. The van der Waals surface area contributed by atoms with E-state index in [0.717, 1.165) is 12.1 Å². The van der Waals surface area contributed by atoms with Crippen molar-refractivity contribution in [1.29, 1.82) is 0 Å². The van der Waals surface area contributed by atoms with Crippen molar-refractivity contribution >= 4 is 5.91 Å². The van der Waals surface area contributed by atoms with Crippen LogP contribution in [-0.4, -0.2) is 30.0 Å². The van der Waals surface area contributed by atoms with Crippen LogP contribution in [0.4, 0.5) is 13.2 Å². The number of aliphatic hydroxyl groups is 1. The van der Waals surface area contributed by atoms with E-state index in [-0.39, 0.29) is 24.0 Å². The zero-order chi connectivity index (χ0) is 14.5. The molecular formula is C12H14F3NO3. The molecule has 1 atom stereocenters. The predicted octanol–water partition coefficient (Wildman–Crippen LogP) is 2.09. The van der Waals surface area contributed by atoms with Crippen LogP contribution in [-0.2, 0) is 0 Å². The summed E-state index contributed by atoms with van der Waals surface area (Å²) in [7, 11) is 0. The molecule has 0 radical (unpaired) electrons. The summed E-state index contributed by atoms with van der Waals surface area (Å²) in [5.41, 5.74) is 0.222. The van der Waals surface area contributed by atoms with E-state index in [4.69, 9.17) is 5.11 Å². The summed E-state index contributed by atoms with van der Waals surface area (Å²) in [5, 5.41) is 11.3. The summed E-state index contributed by atoms with van der Waals surface area (Å²) >= 11 is 0. The number of hydrogen-bond acceptors (Lipinski definition) is 3. The lowest BCUT2D eigenvalue weighted by atomic mass is 10.1. The number of aliphatic hydroxyl groups excluding tert-OH is 1. The summed E-state index contributed by atoms with van der Waals surface area (Å²) in [4.78, 5) is 11.7. The molecule has 1 aromatic rings. The van der Waals surface area contributed by atoms with Gasteiger partial charge in [-0.05, 0) is 37.6 Å². The lowest BCUT2D eigenvalue weighted by Crippen LogP contribution is -2.33. The monoisotopic (exact) mass is 277 g/mol. The lowest BCUT2D eigenvalue weighted by Gasteiger charge is -2.13. The van der Waals surface area contributed by atoms with Gasteiger partial charge in [0, 0.05) is 18.2 Å². The quantitative estimate of drug-likeness (QED) is 0.866. The van der Waals surface area contributed by atoms with Crippen molar-refractivity contribution in [3.05, 3.63) is 29.8 Å². The number of rotatable bonds is 5. The van der Waals surface area contributed by atoms with Crippen LogP contribution in [0.25, 0.3) is 0 Å². The molecule has 0 aliphatic carbocycles. The Balaban J connectivity index is 2.63. The highest BCUT2D eigenvalue weighted by Crippen LogP contribution is 2.22. The van der Waals surface area contributed by atoms with Crippen molar-refractivity contribution < 1.29 is 27.8 Å². The fourth-order valence-corrected chi connectivity index (χ4v) is 1.38. The first-order valence-corrected chi connectivity index (χ1v) is 5.59. The second-order valence-electron chi connectivity index (χ2n) is 3.96. The third-order valence-electron chi connectivity index (χ3n) is 2.29. The molecular weight excluding hydrogens is 263 g/mol. The number of ether oxygens (including phenoxy) is 1. The fraction of sp³-hybridized carbons (Fsp3) is 0.417. The van der Waals surface area contributed by atoms with Crippen molar-refractivity contribution in [2.75, 3.05) is 6.61 Å². The molecule has 0 aliphatic heterocycles. The van der Waals surface area contributed by atoms with Crippen LogP contribution in [0.2, 0.25) is 0 Å². The van der Waals surface area contributed by atoms with Crippen LogP contribution in [0.5, 0.6) is 5.75 Å². The highest BCUT2D eigenvalue weighted by Gasteiger charge is 2.31. The van der Waals surface area contributed by atoms with Crippen molar-refractivity contribution in [2.45, 2.75) is 25.7 Å². The molecule has 0 fully saturated rings. The smallest absolute Gasteiger partial charge is 0.406 e. The molecule has 0 aliphatic rings. The van der Waals surface area contributed by atoms with Gasteiger partial charge in [-0.25, -0.2) is 0 Å². The van der Waals surface area contributed by atoms with Gasteiger partial charge in [0.05, 0.1) is 0 Å². The number of alkyl halides is 3. The van der Waals surface area contributed by atoms with E-state index in [0.29, 0.717) is 6.42 Å². The molecule has 0 saturated heterocycles. The maximum absolute atomic E-state index is 11.9. The predicted molar refractivity (Wildman–Crippen MR) is 61.8 cm³/mol. The molecule has 1 rings (SSSR count). The second-order valence-corrected chi connectivity index (χ2v) is 3.96. The minimum Gasteiger partial charge on any atom is -0.406 e. The van der Waals surface area contributed by atoms with Crippen LogP contribution in [0.3, 0.4) is 0 Å². The van der Waals surface area contributed by atoms with E-state index >= 15 is 0 Å². The van der Waals surface area contributed by atoms with Crippen LogP contribution < -0.4 is 10.1 Å². The van der Waals surface area contributed by atoms with Gasteiger partial charge in [0.2, 0.25) is 0 Å². The molecule has 0 heterocycles. The first-order chi connectivity index (χ1) is 8.81. The Morgan fingerprint density at radius 1 is 1.37 bits per heavy atom. The Morgan fingerprint density at radius 3 is 2.42 bits per heavy atom. The molecule has 4 nitrogen and oxygen atoms in total. The molecule has 106 valence electrons. The summed E-state index contributed by atoms with van der Waals surface area (Å²) in [6.07, 6.45) is -4.35. The molecule has 1 amide bonds. The van der Waals surface area contributed by atoms with E-state index in [9.17, 15) is 18.0 Å². The zero-order valence-corrected chi connectivity index (χ0v) is 10.2. The van der Waals surface area contributed by atoms with Gasteiger partial charge < -0.3 is 15.2 Å². The average molecular weight is 277 g/mol. The zero-order valence-electron chi connectivity index (χ0n) is 10.2. The number of carbonyl (C=O) groups excluding carboxylic acids is 1. The van der Waals surface area contributed by atoms with Gasteiger partial charge in [-0.15, -0.1) is 13.2 Å². The number of benzene rings is 1. The molecule has 1 unspecified atom stereocenters. The van der Waals surface area contributed by atoms with E-state index in [1.807, 2.05) is 0 Å². The second kappa shape index (κ2) is 6.42. The van der Waals surface area contributed by atoms with Gasteiger partial charge in [-0.1, -0.05) is 0 Å². The molecule has 0 bridgehead atoms. The molecule has 0 saturated carbocycles. The van der Waals surface area contributed by atoms with Gasteiger partial charge in [0.25, 0.3) is 5.91 Å². The first-order valence-electron chi connectivity index (χ1n) is 5.59. The summed E-state index contributed by atoms with van der Waals surface area (Å²) in [6.45, 7) is 1.66. The van der Waals surface area contributed by atoms with Crippen molar-refractivity contribution in [3.8, 4) is 5.75 Å². The van der Waals surface area contributed by atoms with Crippen LogP contribution in [0.15, 0.2) is 24.3 Å². The van der Waals surface area contributed by atoms with Crippen molar-refractivity contribution in [1.82, 2.24) is 5.32 Å². The normalized spacial score (nSPS) is 12.9. The molecule has 0 spiro atoms. The van der Waals surface area contributed by atoms with Crippen LogP contribution in [0, 0.1) is 0 Å². The average Bonchev–Trinajstić information content (AvgIpc) is 2.27. The van der Waals surface area contributed by atoms with Gasteiger partial charge in [-0.2, -0.15) is 0 Å². The molecule has 2 N–H and O–H groups in total. The minimum absolute atomic E-state index is 0.0557. The van der Waals surface area contributed by atoms with Gasteiger partial charge in [0.15, 0.2) is 0 Å². The van der Waals surface area contributed by atoms with Crippen molar-refractivity contribution in [3.63, 3.8) is 0 Å². The van der Waals surface area contributed by atoms with E-state index in [2.05, 4.69) is 10.1 Å². The van der Waals surface area contributed by atoms with Gasteiger partial charge in [0.1, 0.15) is 5.75 Å². The third-order valence-corrected chi connectivity index (χ3v) is 2.29. The standard InChI is InChI=1S/C12H14F3NO3/c1-8(6-7-17)16-11(18)9-2-4-10(5-3-9)19-12(13,14)15/h2-5,8,17H,6-7H2,1H3,(H,16,18). The van der Waals surface area contributed by atoms with Crippen LogP contribution >= 0.6 is 0 Å². The van der Waals surface area contributed by atoms with Crippen LogP contribution in [0.1, 0.15) is 23.7 Å². The Hall–Kier alpha value is -1.76. The van der Waals surface area contributed by atoms with Gasteiger partial charge >= 0.3 is 6.36 Å². The molecule has 7 heteroatoms. The maximum Gasteiger partial charge on any atom is 0.573 e. The largest absolute Gasteiger partial charge is 0.573 e. The van der Waals surface area contributed by atoms with E-state index < -0.39 is 12.3 Å². The number of halogens is 3. The van der Waals surface area contributed by atoms with Crippen molar-refractivity contribution in [2.24, 2.45) is 0 Å². The van der Waals surface area contributed by atoms with Gasteiger partial charge in [-0.3, -0.25) is 4.79 Å². The summed E-state index contributed by atoms with van der Waals surface area (Å²) in [6, 6.07) is 4.39. The number of amides is 1. The highest BCUT2D eigenvalue weighted by molar-refractivity contribution is 5.94. The minimum atomic E-state index is -4.75. The Labute approximate surface area is 108 Å².